The Morgan fingerprint density at radius 1 is 1.22 bits per heavy atom. The second-order valence-corrected chi connectivity index (χ2v) is 8.22. The van der Waals surface area contributed by atoms with Gasteiger partial charge in [-0.15, -0.1) is 23.7 Å². The molecule has 2 aliphatic rings. The molecule has 1 unspecified atom stereocenters. The maximum absolute atomic E-state index is 12.9. The highest BCUT2D eigenvalue weighted by Crippen LogP contribution is 2.26. The van der Waals surface area contributed by atoms with Crippen LogP contribution in [-0.4, -0.2) is 48.4 Å². The van der Waals surface area contributed by atoms with Gasteiger partial charge in [0.25, 0.3) is 0 Å². The molecule has 1 N–H and O–H groups in total. The molecule has 1 fully saturated rings. The molecular formula is C21H28ClN3OS. The first kappa shape index (κ1) is 20.3. The molecule has 1 amide bonds. The zero-order valence-electron chi connectivity index (χ0n) is 15.8. The Hall–Kier alpha value is -1.40. The van der Waals surface area contributed by atoms with Gasteiger partial charge >= 0.3 is 0 Å². The molecule has 4 rings (SSSR count). The van der Waals surface area contributed by atoms with Gasteiger partial charge in [0, 0.05) is 43.6 Å². The summed E-state index contributed by atoms with van der Waals surface area (Å²) in [7, 11) is 0. The molecule has 1 atom stereocenters. The number of thiophene rings is 1. The predicted octanol–water partition coefficient (Wildman–Crippen LogP) is 3.26. The minimum atomic E-state index is 0. The lowest BCUT2D eigenvalue weighted by molar-refractivity contribution is -0.134. The molecule has 4 nitrogen and oxygen atoms in total. The number of nitrogens with one attached hydrogen (secondary N) is 1. The summed E-state index contributed by atoms with van der Waals surface area (Å²) >= 11 is 1.82. The molecule has 2 aromatic rings. The summed E-state index contributed by atoms with van der Waals surface area (Å²) in [4.78, 5) is 18.8. The fourth-order valence-corrected chi connectivity index (χ4v) is 4.86. The van der Waals surface area contributed by atoms with Crippen LogP contribution in [0.15, 0.2) is 35.7 Å². The monoisotopic (exact) mass is 405 g/mol. The molecule has 3 heterocycles. The summed E-state index contributed by atoms with van der Waals surface area (Å²) in [6.07, 6.45) is 2.06. The van der Waals surface area contributed by atoms with Crippen LogP contribution in [0.2, 0.25) is 0 Å². The molecule has 146 valence electrons. The van der Waals surface area contributed by atoms with Crippen molar-refractivity contribution < 1.29 is 4.79 Å². The van der Waals surface area contributed by atoms with E-state index in [1.54, 1.807) is 0 Å². The van der Waals surface area contributed by atoms with Crippen molar-refractivity contribution in [1.29, 1.82) is 0 Å². The van der Waals surface area contributed by atoms with Crippen molar-refractivity contribution in [2.45, 2.75) is 32.4 Å². The van der Waals surface area contributed by atoms with Crippen LogP contribution in [0.4, 0.5) is 0 Å². The number of hydrogen-bond acceptors (Lipinski definition) is 4. The number of rotatable bonds is 4. The Labute approximate surface area is 172 Å². The van der Waals surface area contributed by atoms with E-state index >= 15 is 0 Å². The highest BCUT2D eigenvalue weighted by molar-refractivity contribution is 7.10. The minimum absolute atomic E-state index is 0. The molecule has 1 aromatic heterocycles. The van der Waals surface area contributed by atoms with Gasteiger partial charge in [0.2, 0.25) is 5.91 Å². The van der Waals surface area contributed by atoms with Crippen LogP contribution in [0.3, 0.4) is 0 Å². The SMILES string of the molecule is CCc1ccc(C2CNCCN2CC(=O)N2CCc3sccc3C2)cc1.Cl. The second-order valence-electron chi connectivity index (χ2n) is 7.22. The van der Waals surface area contributed by atoms with Crippen molar-refractivity contribution in [1.82, 2.24) is 15.1 Å². The molecule has 0 aliphatic carbocycles. The molecule has 0 saturated carbocycles. The van der Waals surface area contributed by atoms with Crippen LogP contribution in [0.25, 0.3) is 0 Å². The van der Waals surface area contributed by atoms with Crippen LogP contribution < -0.4 is 5.32 Å². The number of hydrogen-bond donors (Lipinski definition) is 1. The van der Waals surface area contributed by atoms with Gasteiger partial charge in [0.1, 0.15) is 0 Å². The first-order valence-electron chi connectivity index (χ1n) is 9.61. The average Bonchev–Trinajstić information content (AvgIpc) is 3.16. The van der Waals surface area contributed by atoms with E-state index < -0.39 is 0 Å². The predicted molar refractivity (Wildman–Crippen MR) is 114 cm³/mol. The summed E-state index contributed by atoms with van der Waals surface area (Å²) in [5.74, 6) is 0.263. The second kappa shape index (κ2) is 9.20. The quantitative estimate of drug-likeness (QED) is 0.847. The molecule has 0 bridgehead atoms. The van der Waals surface area contributed by atoms with Gasteiger partial charge in [-0.05, 0) is 41.0 Å². The number of fused-ring (bicyclic) bond motifs is 1. The van der Waals surface area contributed by atoms with Crippen molar-refractivity contribution in [3.8, 4) is 0 Å². The zero-order chi connectivity index (χ0) is 17.9. The Balaban J connectivity index is 0.00000210. The largest absolute Gasteiger partial charge is 0.337 e. The fourth-order valence-electron chi connectivity index (χ4n) is 3.97. The highest BCUT2D eigenvalue weighted by Gasteiger charge is 2.28. The van der Waals surface area contributed by atoms with Crippen LogP contribution in [-0.2, 0) is 24.2 Å². The molecule has 1 saturated heterocycles. The molecule has 2 aliphatic heterocycles. The fraction of sp³-hybridized carbons (Fsp3) is 0.476. The highest BCUT2D eigenvalue weighted by atomic mass is 35.5. The summed E-state index contributed by atoms with van der Waals surface area (Å²) in [5.41, 5.74) is 4.00. The van der Waals surface area contributed by atoms with Gasteiger partial charge in [0.05, 0.1) is 6.54 Å². The number of nitrogens with zero attached hydrogens (tertiary/aromatic N) is 2. The number of carbonyl (C=O) groups excluding carboxylic acids is 1. The van der Waals surface area contributed by atoms with Crippen molar-refractivity contribution in [3.05, 3.63) is 57.3 Å². The van der Waals surface area contributed by atoms with E-state index in [1.165, 1.54) is 21.6 Å². The molecule has 0 radical (unpaired) electrons. The molecule has 1 aromatic carbocycles. The van der Waals surface area contributed by atoms with Crippen molar-refractivity contribution in [2.75, 3.05) is 32.7 Å². The number of carbonyl (C=O) groups is 1. The number of aryl methyl sites for hydroxylation is 1. The number of piperazine rings is 1. The van der Waals surface area contributed by atoms with Crippen molar-refractivity contribution in [3.63, 3.8) is 0 Å². The summed E-state index contributed by atoms with van der Waals surface area (Å²) in [5, 5.41) is 5.63. The molecule has 0 spiro atoms. The topological polar surface area (TPSA) is 35.6 Å². The smallest absolute Gasteiger partial charge is 0.237 e. The summed E-state index contributed by atoms with van der Waals surface area (Å²) < 4.78 is 0. The van der Waals surface area contributed by atoms with E-state index in [9.17, 15) is 4.79 Å². The van der Waals surface area contributed by atoms with Crippen LogP contribution in [0.5, 0.6) is 0 Å². The van der Waals surface area contributed by atoms with E-state index in [1.807, 2.05) is 16.2 Å². The van der Waals surface area contributed by atoms with E-state index in [2.05, 4.69) is 52.9 Å². The average molecular weight is 406 g/mol. The standard InChI is InChI=1S/C21H27N3OS.ClH/c1-2-16-3-5-17(6-4-16)19-13-22-9-11-23(19)15-21(25)24-10-7-20-18(14-24)8-12-26-20;/h3-6,8,12,19,22H,2,7,9-11,13-15H2,1H3;1H. The molecule has 27 heavy (non-hydrogen) atoms. The maximum atomic E-state index is 12.9. The lowest BCUT2D eigenvalue weighted by atomic mass is 10.0. The first-order valence-corrected chi connectivity index (χ1v) is 10.5. The Morgan fingerprint density at radius 3 is 2.81 bits per heavy atom. The molecule has 6 heteroatoms. The van der Waals surface area contributed by atoms with E-state index in [0.29, 0.717) is 6.54 Å². The van der Waals surface area contributed by atoms with E-state index in [4.69, 9.17) is 0 Å². The minimum Gasteiger partial charge on any atom is -0.337 e. The zero-order valence-corrected chi connectivity index (χ0v) is 17.5. The Morgan fingerprint density at radius 2 is 2.04 bits per heavy atom. The van der Waals surface area contributed by atoms with E-state index in [-0.39, 0.29) is 24.4 Å². The van der Waals surface area contributed by atoms with Crippen molar-refractivity contribution >= 4 is 29.7 Å². The lowest BCUT2D eigenvalue weighted by Crippen LogP contribution is -2.50. The normalized spacial score (nSPS) is 20.0. The van der Waals surface area contributed by atoms with Gasteiger partial charge in [-0.25, -0.2) is 0 Å². The Bertz CT molecular complexity index is 761. The Kier molecular flexibility index (Phi) is 6.93. The van der Waals surface area contributed by atoms with Gasteiger partial charge in [-0.3, -0.25) is 9.69 Å². The van der Waals surface area contributed by atoms with E-state index in [0.717, 1.165) is 45.6 Å². The van der Waals surface area contributed by atoms with Gasteiger partial charge < -0.3 is 10.2 Å². The van der Waals surface area contributed by atoms with Crippen molar-refractivity contribution in [2.24, 2.45) is 0 Å². The molecular weight excluding hydrogens is 378 g/mol. The number of amides is 1. The van der Waals surface area contributed by atoms with Gasteiger partial charge in [-0.2, -0.15) is 0 Å². The van der Waals surface area contributed by atoms with Crippen LogP contribution in [0.1, 0.15) is 34.5 Å². The van der Waals surface area contributed by atoms with Crippen LogP contribution in [0, 0.1) is 0 Å². The lowest BCUT2D eigenvalue weighted by Gasteiger charge is -2.38. The number of benzene rings is 1. The van der Waals surface area contributed by atoms with Gasteiger partial charge in [0.15, 0.2) is 0 Å². The summed E-state index contributed by atoms with van der Waals surface area (Å²) in [6.45, 7) is 7.11. The summed E-state index contributed by atoms with van der Waals surface area (Å²) in [6, 6.07) is 11.3. The first-order chi connectivity index (χ1) is 12.7. The maximum Gasteiger partial charge on any atom is 0.237 e. The van der Waals surface area contributed by atoms with Crippen LogP contribution >= 0.6 is 23.7 Å². The third-order valence-corrected chi connectivity index (χ3v) is 6.65. The number of halogens is 1. The van der Waals surface area contributed by atoms with Gasteiger partial charge in [-0.1, -0.05) is 31.2 Å². The third-order valence-electron chi connectivity index (χ3n) is 5.63. The third kappa shape index (κ3) is 4.54.